The third-order valence-electron chi connectivity index (χ3n) is 3.56. The number of anilines is 1. The quantitative estimate of drug-likeness (QED) is 0.929. The standard InChI is InChI=1S/C16H17ClN4O2/c17-13-3-1-12(2-4-13)9-19-15-11-18-14(10-20-15)16(22)21-5-7-23-8-6-21/h1-4,10-11H,5-9H2,(H,19,20). The van der Waals surface area contributed by atoms with E-state index in [4.69, 9.17) is 16.3 Å². The number of amides is 1. The van der Waals surface area contributed by atoms with Crippen LogP contribution in [0.4, 0.5) is 5.82 Å². The molecule has 2 aromatic rings. The molecule has 1 N–H and O–H groups in total. The van der Waals surface area contributed by atoms with Crippen LogP contribution in [0.5, 0.6) is 0 Å². The maximum Gasteiger partial charge on any atom is 0.274 e. The highest BCUT2D eigenvalue weighted by molar-refractivity contribution is 6.30. The van der Waals surface area contributed by atoms with E-state index in [1.807, 2.05) is 24.3 Å². The lowest BCUT2D eigenvalue weighted by Gasteiger charge is -2.26. The lowest BCUT2D eigenvalue weighted by atomic mass is 10.2. The number of rotatable bonds is 4. The van der Waals surface area contributed by atoms with Gasteiger partial charge in [0, 0.05) is 24.7 Å². The van der Waals surface area contributed by atoms with E-state index in [0.717, 1.165) is 5.56 Å². The number of nitrogens with one attached hydrogen (secondary N) is 1. The molecule has 2 heterocycles. The number of halogens is 1. The van der Waals surface area contributed by atoms with E-state index < -0.39 is 0 Å². The molecule has 1 aliphatic heterocycles. The Hall–Kier alpha value is -2.18. The van der Waals surface area contributed by atoms with Crippen LogP contribution in [-0.2, 0) is 11.3 Å². The number of hydrogen-bond donors (Lipinski definition) is 1. The van der Waals surface area contributed by atoms with Gasteiger partial charge in [0.25, 0.3) is 5.91 Å². The van der Waals surface area contributed by atoms with E-state index in [1.165, 1.54) is 6.20 Å². The molecule has 0 atom stereocenters. The highest BCUT2D eigenvalue weighted by Crippen LogP contribution is 2.11. The molecule has 1 amide bonds. The zero-order chi connectivity index (χ0) is 16.1. The van der Waals surface area contributed by atoms with Crippen LogP contribution in [-0.4, -0.2) is 47.1 Å². The van der Waals surface area contributed by atoms with Crippen molar-refractivity contribution in [2.24, 2.45) is 0 Å². The summed E-state index contributed by atoms with van der Waals surface area (Å²) in [6, 6.07) is 7.57. The maximum absolute atomic E-state index is 12.3. The van der Waals surface area contributed by atoms with E-state index in [2.05, 4.69) is 15.3 Å². The molecule has 0 bridgehead atoms. The van der Waals surface area contributed by atoms with Gasteiger partial charge in [-0.05, 0) is 17.7 Å². The van der Waals surface area contributed by atoms with E-state index in [-0.39, 0.29) is 5.91 Å². The Morgan fingerprint density at radius 3 is 2.57 bits per heavy atom. The van der Waals surface area contributed by atoms with Crippen molar-refractivity contribution in [3.63, 3.8) is 0 Å². The smallest absolute Gasteiger partial charge is 0.274 e. The monoisotopic (exact) mass is 332 g/mol. The second-order valence-electron chi connectivity index (χ2n) is 5.17. The van der Waals surface area contributed by atoms with Crippen molar-refractivity contribution < 1.29 is 9.53 Å². The predicted octanol–water partition coefficient (Wildman–Crippen LogP) is 2.21. The van der Waals surface area contributed by atoms with Crippen molar-refractivity contribution in [2.45, 2.75) is 6.54 Å². The van der Waals surface area contributed by atoms with Crippen molar-refractivity contribution in [3.05, 3.63) is 52.9 Å². The van der Waals surface area contributed by atoms with Crippen LogP contribution >= 0.6 is 11.6 Å². The van der Waals surface area contributed by atoms with Crippen LogP contribution in [0, 0.1) is 0 Å². The third kappa shape index (κ3) is 4.18. The van der Waals surface area contributed by atoms with Gasteiger partial charge in [-0.1, -0.05) is 23.7 Å². The molecule has 120 valence electrons. The minimum atomic E-state index is -0.106. The molecule has 0 spiro atoms. The van der Waals surface area contributed by atoms with Gasteiger partial charge in [0.05, 0.1) is 25.6 Å². The van der Waals surface area contributed by atoms with Gasteiger partial charge in [-0.2, -0.15) is 0 Å². The molecule has 1 aromatic heterocycles. The van der Waals surface area contributed by atoms with Gasteiger partial charge in [0.2, 0.25) is 0 Å². The first-order valence-corrected chi connectivity index (χ1v) is 7.77. The average Bonchev–Trinajstić information content (AvgIpc) is 2.62. The topological polar surface area (TPSA) is 67.4 Å². The van der Waals surface area contributed by atoms with E-state index in [0.29, 0.717) is 49.4 Å². The highest BCUT2D eigenvalue weighted by Gasteiger charge is 2.19. The average molecular weight is 333 g/mol. The summed E-state index contributed by atoms with van der Waals surface area (Å²) in [4.78, 5) is 22.4. The summed E-state index contributed by atoms with van der Waals surface area (Å²) in [6.07, 6.45) is 3.07. The van der Waals surface area contributed by atoms with Gasteiger partial charge in [0.15, 0.2) is 0 Å². The fourth-order valence-corrected chi connectivity index (χ4v) is 2.38. The normalized spacial score (nSPS) is 14.6. The molecule has 0 saturated carbocycles. The second kappa shape index (κ2) is 7.39. The number of aromatic nitrogens is 2. The molecule has 23 heavy (non-hydrogen) atoms. The number of hydrogen-bond acceptors (Lipinski definition) is 5. The zero-order valence-corrected chi connectivity index (χ0v) is 13.3. The molecule has 1 fully saturated rings. The highest BCUT2D eigenvalue weighted by atomic mass is 35.5. The summed E-state index contributed by atoms with van der Waals surface area (Å²) in [5, 5.41) is 3.87. The minimum absolute atomic E-state index is 0.106. The summed E-state index contributed by atoms with van der Waals surface area (Å²) in [7, 11) is 0. The molecule has 3 rings (SSSR count). The van der Waals surface area contributed by atoms with Crippen molar-refractivity contribution in [1.29, 1.82) is 0 Å². The van der Waals surface area contributed by atoms with E-state index in [9.17, 15) is 4.79 Å². The first kappa shape index (κ1) is 15.7. The number of nitrogens with zero attached hydrogens (tertiary/aromatic N) is 3. The number of carbonyl (C=O) groups excluding carboxylic acids is 1. The summed E-state index contributed by atoms with van der Waals surface area (Å²) in [6.45, 7) is 2.94. The maximum atomic E-state index is 12.3. The Kier molecular flexibility index (Phi) is 5.05. The Morgan fingerprint density at radius 2 is 1.91 bits per heavy atom. The molecule has 0 aliphatic carbocycles. The van der Waals surface area contributed by atoms with Gasteiger partial charge in [-0.25, -0.2) is 9.97 Å². The fourth-order valence-electron chi connectivity index (χ4n) is 2.25. The Labute approximate surface area is 139 Å². The van der Waals surface area contributed by atoms with Crippen LogP contribution in [0.15, 0.2) is 36.7 Å². The fraction of sp³-hybridized carbons (Fsp3) is 0.312. The van der Waals surface area contributed by atoms with Gasteiger partial charge < -0.3 is 15.0 Å². The van der Waals surface area contributed by atoms with Crippen LogP contribution in [0.25, 0.3) is 0 Å². The predicted molar refractivity (Wildman–Crippen MR) is 87.5 cm³/mol. The summed E-state index contributed by atoms with van der Waals surface area (Å²) < 4.78 is 5.24. The molecule has 0 unspecified atom stereocenters. The van der Waals surface area contributed by atoms with Crippen molar-refractivity contribution in [3.8, 4) is 0 Å². The Bertz CT molecular complexity index is 655. The lowest BCUT2D eigenvalue weighted by Crippen LogP contribution is -2.41. The Balaban J connectivity index is 1.58. The van der Waals surface area contributed by atoms with Crippen LogP contribution < -0.4 is 5.32 Å². The zero-order valence-electron chi connectivity index (χ0n) is 12.5. The van der Waals surface area contributed by atoms with Gasteiger partial charge >= 0.3 is 0 Å². The molecule has 1 aromatic carbocycles. The largest absolute Gasteiger partial charge is 0.378 e. The Morgan fingerprint density at radius 1 is 1.17 bits per heavy atom. The van der Waals surface area contributed by atoms with Crippen LogP contribution in [0.2, 0.25) is 5.02 Å². The summed E-state index contributed by atoms with van der Waals surface area (Å²) in [5.74, 6) is 0.517. The lowest BCUT2D eigenvalue weighted by molar-refractivity contribution is 0.0298. The minimum Gasteiger partial charge on any atom is -0.378 e. The number of ether oxygens (including phenoxy) is 1. The SMILES string of the molecule is O=C(c1cnc(NCc2ccc(Cl)cc2)cn1)N1CCOCC1. The third-order valence-corrected chi connectivity index (χ3v) is 3.81. The molecule has 1 saturated heterocycles. The number of morpholine rings is 1. The van der Waals surface area contributed by atoms with Crippen LogP contribution in [0.1, 0.15) is 16.1 Å². The molecular formula is C16H17ClN4O2. The number of carbonyl (C=O) groups is 1. The van der Waals surface area contributed by atoms with Crippen molar-refractivity contribution in [1.82, 2.24) is 14.9 Å². The van der Waals surface area contributed by atoms with Gasteiger partial charge in [0.1, 0.15) is 11.5 Å². The number of benzene rings is 1. The molecule has 7 heteroatoms. The first-order chi connectivity index (χ1) is 11.2. The van der Waals surface area contributed by atoms with Crippen molar-refractivity contribution >= 4 is 23.3 Å². The molecule has 6 nitrogen and oxygen atoms in total. The molecular weight excluding hydrogens is 316 g/mol. The first-order valence-electron chi connectivity index (χ1n) is 7.40. The van der Waals surface area contributed by atoms with E-state index in [1.54, 1.807) is 11.1 Å². The van der Waals surface area contributed by atoms with Gasteiger partial charge in [-0.3, -0.25) is 4.79 Å². The summed E-state index contributed by atoms with van der Waals surface area (Å²) >= 11 is 5.85. The van der Waals surface area contributed by atoms with Crippen molar-refractivity contribution in [2.75, 3.05) is 31.6 Å². The summed E-state index contributed by atoms with van der Waals surface area (Å²) in [5.41, 5.74) is 1.44. The van der Waals surface area contributed by atoms with Crippen LogP contribution in [0.3, 0.4) is 0 Å². The molecule has 1 aliphatic rings. The second-order valence-corrected chi connectivity index (χ2v) is 5.61. The molecule has 0 radical (unpaired) electrons. The van der Waals surface area contributed by atoms with Gasteiger partial charge in [-0.15, -0.1) is 0 Å². The van der Waals surface area contributed by atoms with E-state index >= 15 is 0 Å².